The van der Waals surface area contributed by atoms with Gasteiger partial charge in [-0.3, -0.25) is 0 Å². The Morgan fingerprint density at radius 1 is 0.491 bits per heavy atom. The zero-order valence-electron chi connectivity index (χ0n) is 28.1. The molecule has 0 amide bonds. The number of fused-ring (bicyclic) bond motifs is 10. The van der Waals surface area contributed by atoms with Crippen LogP contribution in [0.25, 0.3) is 105 Å². The van der Waals surface area contributed by atoms with E-state index in [-0.39, 0.29) is 0 Å². The highest BCUT2D eigenvalue weighted by molar-refractivity contribution is 6.24. The second kappa shape index (κ2) is 11.3. The molecule has 0 radical (unpaired) electrons. The van der Waals surface area contributed by atoms with Crippen LogP contribution in [0, 0.1) is 11.3 Å². The van der Waals surface area contributed by atoms with E-state index in [0.717, 1.165) is 88.1 Å². The molecule has 0 aliphatic carbocycles. The maximum absolute atomic E-state index is 10.5. The molecule has 0 unspecified atom stereocenters. The van der Waals surface area contributed by atoms with Crippen LogP contribution in [-0.2, 0) is 0 Å². The van der Waals surface area contributed by atoms with Gasteiger partial charge >= 0.3 is 0 Å². The maximum atomic E-state index is 10.5. The van der Waals surface area contributed by atoms with Crippen molar-refractivity contribution in [3.8, 4) is 45.7 Å². The number of aromatic nitrogens is 3. The van der Waals surface area contributed by atoms with Gasteiger partial charge in [0.2, 0.25) is 0 Å². The Morgan fingerprint density at radius 2 is 1.15 bits per heavy atom. The molecule has 11 rings (SSSR count). The second-order valence-electron chi connectivity index (χ2n) is 13.2. The predicted octanol–water partition coefficient (Wildman–Crippen LogP) is 12.2. The van der Waals surface area contributed by atoms with E-state index in [9.17, 15) is 5.26 Å². The molecule has 0 fully saturated rings. The Labute approximate surface area is 302 Å². The number of hydrogen-bond acceptors (Lipinski definition) is 5. The van der Waals surface area contributed by atoms with E-state index in [2.05, 4.69) is 71.3 Å². The SMILES string of the molecule is N#Cc1c(-c2ccccc2)nc(-c2cccc3oc4ccc(-n5c6ccccc6c6c7oc8ccccc8c7ccc65)cc4c23)nc1-c1ccccc1. The lowest BCUT2D eigenvalue weighted by Gasteiger charge is -2.13. The lowest BCUT2D eigenvalue weighted by Crippen LogP contribution is -2.01. The first-order valence-electron chi connectivity index (χ1n) is 17.5. The zero-order valence-corrected chi connectivity index (χ0v) is 28.1. The van der Waals surface area contributed by atoms with Crippen LogP contribution < -0.4 is 0 Å². The van der Waals surface area contributed by atoms with Crippen molar-refractivity contribution in [3.63, 3.8) is 0 Å². The number of furan rings is 2. The highest BCUT2D eigenvalue weighted by Crippen LogP contribution is 2.43. The third-order valence-corrected chi connectivity index (χ3v) is 10.3. The molecule has 7 aromatic carbocycles. The van der Waals surface area contributed by atoms with Gasteiger partial charge in [-0.25, -0.2) is 9.97 Å². The second-order valence-corrected chi connectivity index (χ2v) is 13.2. The fraction of sp³-hybridized carbons (Fsp3) is 0. The summed E-state index contributed by atoms with van der Waals surface area (Å²) in [6, 6.07) is 55.5. The van der Waals surface area contributed by atoms with E-state index < -0.39 is 0 Å². The molecule has 4 aromatic heterocycles. The Kier molecular flexibility index (Phi) is 6.22. The van der Waals surface area contributed by atoms with E-state index >= 15 is 0 Å². The first-order chi connectivity index (χ1) is 26.2. The lowest BCUT2D eigenvalue weighted by atomic mass is 9.99. The van der Waals surface area contributed by atoms with Crippen molar-refractivity contribution in [2.24, 2.45) is 0 Å². The third kappa shape index (κ3) is 4.32. The summed E-state index contributed by atoms with van der Waals surface area (Å²) in [5.74, 6) is 0.518. The highest BCUT2D eigenvalue weighted by Gasteiger charge is 2.23. The summed E-state index contributed by atoms with van der Waals surface area (Å²) in [6.45, 7) is 0. The summed E-state index contributed by atoms with van der Waals surface area (Å²) in [5, 5.41) is 16.7. The average Bonchev–Trinajstić information content (AvgIpc) is 3.90. The molecular weight excluding hydrogens is 653 g/mol. The van der Waals surface area contributed by atoms with Crippen molar-refractivity contribution in [1.29, 1.82) is 5.26 Å². The van der Waals surface area contributed by atoms with Gasteiger partial charge in [0.1, 0.15) is 34.0 Å². The molecule has 0 saturated carbocycles. The van der Waals surface area contributed by atoms with E-state index in [4.69, 9.17) is 18.8 Å². The van der Waals surface area contributed by atoms with E-state index in [1.807, 2.05) is 97.1 Å². The van der Waals surface area contributed by atoms with Gasteiger partial charge < -0.3 is 13.4 Å². The van der Waals surface area contributed by atoms with E-state index in [0.29, 0.717) is 22.8 Å². The smallest absolute Gasteiger partial charge is 0.161 e. The molecule has 0 bridgehead atoms. The van der Waals surface area contributed by atoms with Gasteiger partial charge in [0.25, 0.3) is 0 Å². The van der Waals surface area contributed by atoms with Crippen molar-refractivity contribution in [1.82, 2.24) is 14.5 Å². The molecule has 6 nitrogen and oxygen atoms in total. The van der Waals surface area contributed by atoms with Crippen LogP contribution in [0.3, 0.4) is 0 Å². The lowest BCUT2D eigenvalue weighted by molar-refractivity contribution is 0.669. The molecule has 0 spiro atoms. The summed E-state index contributed by atoms with van der Waals surface area (Å²) >= 11 is 0. The number of nitrogens with zero attached hydrogens (tertiary/aromatic N) is 4. The van der Waals surface area contributed by atoms with Crippen molar-refractivity contribution in [2.75, 3.05) is 0 Å². The first-order valence-corrected chi connectivity index (χ1v) is 17.5. The number of benzene rings is 7. The number of rotatable bonds is 4. The van der Waals surface area contributed by atoms with Crippen LogP contribution in [0.5, 0.6) is 0 Å². The molecule has 0 aliphatic heterocycles. The van der Waals surface area contributed by atoms with Crippen LogP contribution in [0.2, 0.25) is 0 Å². The van der Waals surface area contributed by atoms with Gasteiger partial charge in [0.05, 0.1) is 27.8 Å². The fourth-order valence-corrected chi connectivity index (χ4v) is 7.95. The van der Waals surface area contributed by atoms with Crippen LogP contribution in [0.4, 0.5) is 0 Å². The van der Waals surface area contributed by atoms with Crippen LogP contribution in [-0.4, -0.2) is 14.5 Å². The summed E-state index contributed by atoms with van der Waals surface area (Å²) in [5.41, 5.74) is 10.5. The Balaban J connectivity index is 1.18. The van der Waals surface area contributed by atoms with Crippen molar-refractivity contribution >= 4 is 65.7 Å². The predicted molar refractivity (Wildman–Crippen MR) is 212 cm³/mol. The van der Waals surface area contributed by atoms with Crippen molar-refractivity contribution in [3.05, 3.63) is 163 Å². The normalized spacial score (nSPS) is 11.8. The molecular formula is C47H26N4O2. The summed E-state index contributed by atoms with van der Waals surface area (Å²) in [4.78, 5) is 10.2. The van der Waals surface area contributed by atoms with Gasteiger partial charge in [-0.15, -0.1) is 0 Å². The van der Waals surface area contributed by atoms with E-state index in [1.165, 1.54) is 0 Å². The third-order valence-electron chi connectivity index (χ3n) is 10.3. The minimum Gasteiger partial charge on any atom is -0.456 e. The monoisotopic (exact) mass is 678 g/mol. The molecule has 6 heteroatoms. The van der Waals surface area contributed by atoms with Crippen molar-refractivity contribution < 1.29 is 8.83 Å². The molecule has 0 aliphatic rings. The number of nitriles is 1. The zero-order chi connectivity index (χ0) is 35.0. The van der Waals surface area contributed by atoms with Gasteiger partial charge in [-0.1, -0.05) is 109 Å². The maximum Gasteiger partial charge on any atom is 0.161 e. The van der Waals surface area contributed by atoms with E-state index in [1.54, 1.807) is 0 Å². The molecule has 53 heavy (non-hydrogen) atoms. The summed E-state index contributed by atoms with van der Waals surface area (Å²) in [7, 11) is 0. The molecule has 11 aromatic rings. The number of para-hydroxylation sites is 2. The number of hydrogen-bond donors (Lipinski definition) is 0. The Bertz CT molecular complexity index is 3230. The van der Waals surface area contributed by atoms with Crippen LogP contribution >= 0.6 is 0 Å². The topological polar surface area (TPSA) is 80.8 Å². The summed E-state index contributed by atoms with van der Waals surface area (Å²) < 4.78 is 15.3. The van der Waals surface area contributed by atoms with Gasteiger partial charge in [-0.2, -0.15) is 5.26 Å². The summed E-state index contributed by atoms with van der Waals surface area (Å²) in [6.07, 6.45) is 0. The van der Waals surface area contributed by atoms with Gasteiger partial charge in [-0.05, 0) is 48.5 Å². The quantitative estimate of drug-likeness (QED) is 0.185. The van der Waals surface area contributed by atoms with Gasteiger partial charge in [0, 0.05) is 49.3 Å². The molecule has 0 atom stereocenters. The average molecular weight is 679 g/mol. The van der Waals surface area contributed by atoms with Crippen molar-refractivity contribution in [2.45, 2.75) is 0 Å². The fourth-order valence-electron chi connectivity index (χ4n) is 7.95. The minimum absolute atomic E-state index is 0.433. The Morgan fingerprint density at radius 3 is 1.91 bits per heavy atom. The standard InChI is InChI=1S/C47H26N4O2/c48-27-36-44(28-12-3-1-4-13-28)49-47(50-45(36)29-14-5-2-6-15-29)34-18-11-21-41-42(34)35-26-30(22-25-40(35)52-41)51-37-19-9-7-17-33(37)43-38(51)24-23-32-31-16-8-10-20-39(31)53-46(32)43/h1-26H. The van der Waals surface area contributed by atoms with Gasteiger partial charge in [0.15, 0.2) is 5.82 Å². The van der Waals surface area contributed by atoms with Crippen LogP contribution in [0.1, 0.15) is 5.56 Å². The molecule has 246 valence electrons. The largest absolute Gasteiger partial charge is 0.456 e. The van der Waals surface area contributed by atoms with Crippen LogP contribution in [0.15, 0.2) is 167 Å². The highest BCUT2D eigenvalue weighted by atomic mass is 16.3. The first kappa shape index (κ1) is 29.3. The molecule has 0 N–H and O–H groups in total. The molecule has 0 saturated heterocycles. The minimum atomic E-state index is 0.433. The molecule has 4 heterocycles. The Hall–Kier alpha value is -7.49.